The fourth-order valence-electron chi connectivity index (χ4n) is 4.52. The summed E-state index contributed by atoms with van der Waals surface area (Å²) in [5.74, 6) is -0.204. The van der Waals surface area contributed by atoms with Crippen LogP contribution in [-0.4, -0.2) is 89.9 Å². The summed E-state index contributed by atoms with van der Waals surface area (Å²) in [6, 6.07) is 5.11. The van der Waals surface area contributed by atoms with Gasteiger partial charge in [0.1, 0.15) is 17.9 Å². The maximum atomic E-state index is 13.5. The second-order valence-electron chi connectivity index (χ2n) is 8.46. The summed E-state index contributed by atoms with van der Waals surface area (Å²) in [6.45, 7) is 0.645. The highest BCUT2D eigenvalue weighted by Crippen LogP contribution is 2.48. The minimum absolute atomic E-state index is 0.0841. The summed E-state index contributed by atoms with van der Waals surface area (Å²) >= 11 is 0. The Morgan fingerprint density at radius 1 is 1.18 bits per heavy atom. The number of nitrogens with zero attached hydrogens (tertiary/aromatic N) is 3. The number of aliphatic hydroxyl groups excluding tert-OH is 1. The van der Waals surface area contributed by atoms with E-state index in [1.165, 1.54) is 9.48 Å². The van der Waals surface area contributed by atoms with Crippen LogP contribution in [0.4, 0.5) is 5.69 Å². The predicted octanol–water partition coefficient (Wildman–Crippen LogP) is 1.50. The Balaban J connectivity index is 1.80. The number of likely N-dealkylation sites (N-methyl/N-ethyl adjacent to an activating group) is 1. The molecule has 2 aromatic rings. The molecule has 2 aromatic carbocycles. The number of fused-ring (bicyclic) bond motifs is 7. The Bertz CT molecular complexity index is 1320. The van der Waals surface area contributed by atoms with Crippen LogP contribution >= 0.6 is 0 Å². The van der Waals surface area contributed by atoms with E-state index in [2.05, 4.69) is 0 Å². The second-order valence-corrected chi connectivity index (χ2v) is 8.46. The fraction of sp³-hybridized carbons (Fsp3) is 0.280. The molecule has 0 radical (unpaired) electrons. The lowest BCUT2D eigenvalue weighted by molar-refractivity contribution is -0.353. The molecule has 5 rings (SSSR count). The second kappa shape index (κ2) is 8.51. The number of amides is 3. The van der Waals surface area contributed by atoms with Crippen LogP contribution in [-0.2, 0) is 4.79 Å². The molecule has 1 unspecified atom stereocenters. The van der Waals surface area contributed by atoms with Crippen molar-refractivity contribution in [1.82, 2.24) is 9.80 Å². The lowest BCUT2D eigenvalue weighted by Gasteiger charge is -2.24. The molecule has 1 atom stereocenters. The van der Waals surface area contributed by atoms with Crippen molar-refractivity contribution in [3.63, 3.8) is 0 Å². The van der Waals surface area contributed by atoms with Crippen LogP contribution in [0.3, 0.4) is 0 Å². The number of imide groups is 1. The molecule has 0 saturated heterocycles. The molecule has 34 heavy (non-hydrogen) atoms. The molecule has 0 bridgehead atoms. The zero-order valence-electron chi connectivity index (χ0n) is 18.9. The van der Waals surface area contributed by atoms with Gasteiger partial charge in [-0.3, -0.25) is 14.5 Å². The number of hydrogen-bond donors (Lipinski definition) is 1. The van der Waals surface area contributed by atoms with E-state index in [1.807, 2.05) is 31.1 Å². The van der Waals surface area contributed by atoms with Crippen molar-refractivity contribution >= 4 is 40.4 Å². The van der Waals surface area contributed by atoms with Gasteiger partial charge >= 0.3 is 6.41 Å². The molecule has 3 aliphatic rings. The molecule has 0 aromatic heterocycles. The summed E-state index contributed by atoms with van der Waals surface area (Å²) in [7, 11) is 3.73. The van der Waals surface area contributed by atoms with E-state index in [4.69, 9.17) is 14.6 Å². The van der Waals surface area contributed by atoms with Crippen molar-refractivity contribution in [2.75, 3.05) is 40.4 Å². The number of ether oxygens (including phenoxy) is 2. The maximum Gasteiger partial charge on any atom is 0.381 e. The summed E-state index contributed by atoms with van der Waals surface area (Å²) in [5.41, 5.74) is 1.42. The Morgan fingerprint density at radius 3 is 2.71 bits per heavy atom. The molecule has 0 spiro atoms. The molecular weight excluding hydrogens is 438 g/mol. The average molecular weight is 462 g/mol. The van der Waals surface area contributed by atoms with Crippen LogP contribution in [0.2, 0.25) is 0 Å². The molecule has 1 aliphatic carbocycles. The van der Waals surface area contributed by atoms with Crippen LogP contribution in [0.1, 0.15) is 20.7 Å². The van der Waals surface area contributed by atoms with Gasteiger partial charge in [-0.2, -0.15) is 0 Å². The Kier molecular flexibility index (Phi) is 5.51. The van der Waals surface area contributed by atoms with Crippen LogP contribution in [0.25, 0.3) is 10.8 Å². The first-order valence-corrected chi connectivity index (χ1v) is 11.0. The third kappa shape index (κ3) is 3.32. The van der Waals surface area contributed by atoms with Gasteiger partial charge in [0.25, 0.3) is 17.5 Å². The van der Waals surface area contributed by atoms with Crippen molar-refractivity contribution in [2.45, 2.75) is 6.10 Å². The fourth-order valence-corrected chi connectivity index (χ4v) is 4.52. The number of benzene rings is 2. The molecular formula is C25H24N3O6+. The van der Waals surface area contributed by atoms with E-state index in [0.717, 1.165) is 0 Å². The van der Waals surface area contributed by atoms with Crippen LogP contribution in [0.15, 0.2) is 42.5 Å². The van der Waals surface area contributed by atoms with Crippen molar-refractivity contribution in [1.29, 1.82) is 0 Å². The van der Waals surface area contributed by atoms with Gasteiger partial charge in [-0.15, -0.1) is 4.58 Å². The summed E-state index contributed by atoms with van der Waals surface area (Å²) < 4.78 is 13.3. The number of rotatable bonds is 7. The number of aliphatic hydroxyl groups is 1. The molecule has 0 saturated carbocycles. The van der Waals surface area contributed by atoms with Crippen molar-refractivity contribution in [2.24, 2.45) is 0 Å². The van der Waals surface area contributed by atoms with E-state index in [9.17, 15) is 14.4 Å². The van der Waals surface area contributed by atoms with Gasteiger partial charge in [0.2, 0.25) is 17.6 Å². The van der Waals surface area contributed by atoms with Crippen LogP contribution in [0, 0.1) is 0 Å². The van der Waals surface area contributed by atoms with Gasteiger partial charge in [0, 0.05) is 24.6 Å². The van der Waals surface area contributed by atoms with Gasteiger partial charge in [-0.05, 0) is 38.4 Å². The van der Waals surface area contributed by atoms with Gasteiger partial charge in [0.05, 0.1) is 17.6 Å². The number of allylic oxidation sites excluding steroid dienone is 2. The van der Waals surface area contributed by atoms with Crippen LogP contribution < -0.4 is 9.47 Å². The first kappa shape index (κ1) is 22.0. The Morgan fingerprint density at radius 2 is 1.97 bits per heavy atom. The first-order chi connectivity index (χ1) is 16.5. The largest absolute Gasteiger partial charge is 0.491 e. The summed E-state index contributed by atoms with van der Waals surface area (Å²) in [6.07, 6.45) is 7.34. The van der Waals surface area contributed by atoms with Gasteiger partial charge in [-0.1, -0.05) is 12.2 Å². The van der Waals surface area contributed by atoms with Crippen molar-refractivity contribution < 1.29 is 33.5 Å². The van der Waals surface area contributed by atoms with E-state index in [1.54, 1.807) is 30.4 Å². The first-order valence-electron chi connectivity index (χ1n) is 11.0. The minimum atomic E-state index is -0.560. The number of carbonyl (C=O) groups excluding carboxylic acids is 3. The summed E-state index contributed by atoms with van der Waals surface area (Å²) in [4.78, 5) is 42.5. The van der Waals surface area contributed by atoms with Crippen LogP contribution in [0.5, 0.6) is 11.5 Å². The lowest BCUT2D eigenvalue weighted by atomic mass is 9.94. The van der Waals surface area contributed by atoms with E-state index in [0.29, 0.717) is 40.9 Å². The molecule has 2 heterocycles. The smallest absolute Gasteiger partial charge is 0.381 e. The highest BCUT2D eigenvalue weighted by atomic mass is 16.5. The molecule has 3 amide bonds. The van der Waals surface area contributed by atoms with Crippen molar-refractivity contribution in [3.05, 3.63) is 53.6 Å². The van der Waals surface area contributed by atoms with E-state index in [-0.39, 0.29) is 36.6 Å². The Labute approximate surface area is 195 Å². The lowest BCUT2D eigenvalue weighted by Crippen LogP contribution is -2.37. The molecule has 9 heteroatoms. The number of hydrogen-bond acceptors (Lipinski definition) is 7. The minimum Gasteiger partial charge on any atom is -0.491 e. The standard InChI is InChI=1S/C25H24N3O6/c1-26(2)9-10-27-24(31)20-17-13-15(33-12-11-29)7-8-16(17)22-23(21(20)25(27)32)34-19-6-4-3-5-18(19)28(22)14-30/h3-8,13-14,19,29H,9-12H2,1-2H3/q+1. The summed E-state index contributed by atoms with van der Waals surface area (Å²) in [5, 5.41) is 10.2. The molecule has 174 valence electrons. The van der Waals surface area contributed by atoms with E-state index >= 15 is 0 Å². The monoisotopic (exact) mass is 462 g/mol. The normalized spacial score (nSPS) is 18.4. The molecule has 1 N–H and O–H groups in total. The molecule has 9 nitrogen and oxygen atoms in total. The third-order valence-corrected chi connectivity index (χ3v) is 6.08. The highest BCUT2D eigenvalue weighted by Gasteiger charge is 2.47. The Hall–Kier alpha value is -3.82. The zero-order valence-corrected chi connectivity index (χ0v) is 18.9. The topological polar surface area (TPSA) is 99.4 Å². The quantitative estimate of drug-likeness (QED) is 0.378. The number of carbonyl (C=O) groups is 3. The molecule has 0 fully saturated rings. The van der Waals surface area contributed by atoms with Crippen molar-refractivity contribution in [3.8, 4) is 11.5 Å². The van der Waals surface area contributed by atoms with Gasteiger partial charge < -0.3 is 19.5 Å². The zero-order chi connectivity index (χ0) is 24.0. The van der Waals surface area contributed by atoms with E-state index < -0.39 is 17.9 Å². The predicted molar refractivity (Wildman–Crippen MR) is 124 cm³/mol. The highest BCUT2D eigenvalue weighted by molar-refractivity contribution is 6.29. The average Bonchev–Trinajstić information content (AvgIpc) is 3.09. The van der Waals surface area contributed by atoms with Gasteiger partial charge in [-0.25, -0.2) is 4.79 Å². The van der Waals surface area contributed by atoms with Gasteiger partial charge in [0.15, 0.2) is 0 Å². The SMILES string of the molecule is CN(C)CCN1C(=O)c2c3c(c4ccc(OCCO)cc4c2C1=O)[N+](C=O)=C1C=CC=CC1O3. The maximum absolute atomic E-state index is 13.5. The molecule has 2 aliphatic heterocycles. The third-order valence-electron chi connectivity index (χ3n) is 6.08.